The second-order valence-corrected chi connectivity index (χ2v) is 4.87. The predicted molar refractivity (Wildman–Crippen MR) is 65.8 cm³/mol. The lowest BCUT2D eigenvalue weighted by Crippen LogP contribution is -2.32. The van der Waals surface area contributed by atoms with Crippen molar-refractivity contribution in [1.29, 1.82) is 0 Å². The van der Waals surface area contributed by atoms with Crippen LogP contribution < -0.4 is 5.73 Å². The molecule has 2 N–H and O–H groups in total. The summed E-state index contributed by atoms with van der Waals surface area (Å²) in [7, 11) is 0. The quantitative estimate of drug-likeness (QED) is 0.875. The molecule has 0 aromatic carbocycles. The summed E-state index contributed by atoms with van der Waals surface area (Å²) in [6.07, 6.45) is 1.01. The van der Waals surface area contributed by atoms with E-state index in [-0.39, 0.29) is 12.1 Å². The Labute approximate surface area is 98.8 Å². The summed E-state index contributed by atoms with van der Waals surface area (Å²) in [6, 6.07) is 3.75. The molecule has 1 aliphatic rings. The van der Waals surface area contributed by atoms with Crippen LogP contribution in [0.4, 0.5) is 4.79 Å². The summed E-state index contributed by atoms with van der Waals surface area (Å²) in [5, 5.41) is 0. The van der Waals surface area contributed by atoms with E-state index >= 15 is 0 Å². The van der Waals surface area contributed by atoms with E-state index in [0.29, 0.717) is 12.4 Å². The summed E-state index contributed by atoms with van der Waals surface area (Å²) in [5.41, 5.74) is 5.81. The topological polar surface area (TPSA) is 58.7 Å². The van der Waals surface area contributed by atoms with E-state index in [1.165, 1.54) is 4.88 Å². The lowest BCUT2D eigenvalue weighted by molar-refractivity contribution is 0.210. The molecule has 0 saturated carbocycles. The monoisotopic (exact) mass is 237 g/mol. The minimum atomic E-state index is -0.226. The zero-order valence-electron chi connectivity index (χ0n) is 9.43. The molecule has 1 aliphatic heterocycles. The van der Waals surface area contributed by atoms with Gasteiger partial charge in [-0.1, -0.05) is 6.92 Å². The molecule has 0 radical (unpaired) electrons. The first kappa shape index (κ1) is 11.1. The fraction of sp³-hybridized carbons (Fsp3) is 0.455. The van der Waals surface area contributed by atoms with Gasteiger partial charge in [-0.3, -0.25) is 0 Å². The van der Waals surface area contributed by atoms with Crippen LogP contribution in [-0.2, 0) is 6.42 Å². The minimum Gasteiger partial charge on any atom is -0.385 e. The highest BCUT2D eigenvalue weighted by atomic mass is 32.1. The molecule has 86 valence electrons. The Morgan fingerprint density at radius 3 is 2.81 bits per heavy atom. The van der Waals surface area contributed by atoms with E-state index in [2.05, 4.69) is 18.0 Å². The number of aliphatic imine (C=N–C) groups is 1. The Bertz CT molecular complexity index is 438. The first-order chi connectivity index (χ1) is 7.67. The SMILES string of the molecule is CCc1ccc(C2C(N)=NC(=O)N2CC)s1. The fourth-order valence-electron chi connectivity index (χ4n) is 1.85. The third-order valence-electron chi connectivity index (χ3n) is 2.70. The lowest BCUT2D eigenvalue weighted by Gasteiger charge is -2.21. The molecule has 0 aliphatic carbocycles. The van der Waals surface area contributed by atoms with Crippen LogP contribution in [0.15, 0.2) is 17.1 Å². The smallest absolute Gasteiger partial charge is 0.346 e. The third kappa shape index (κ3) is 1.71. The number of carbonyl (C=O) groups is 1. The highest BCUT2D eigenvalue weighted by Crippen LogP contribution is 2.31. The van der Waals surface area contributed by atoms with E-state index in [0.717, 1.165) is 11.3 Å². The van der Waals surface area contributed by atoms with Crippen molar-refractivity contribution in [3.8, 4) is 0 Å². The van der Waals surface area contributed by atoms with E-state index in [4.69, 9.17) is 5.73 Å². The summed E-state index contributed by atoms with van der Waals surface area (Å²) in [4.78, 5) is 19.5. The molecule has 2 heterocycles. The van der Waals surface area contributed by atoms with Gasteiger partial charge in [0, 0.05) is 16.3 Å². The molecule has 1 unspecified atom stereocenters. The molecule has 0 bridgehead atoms. The van der Waals surface area contributed by atoms with Crippen molar-refractivity contribution in [2.24, 2.45) is 10.7 Å². The number of hydrogen-bond acceptors (Lipinski definition) is 3. The normalized spacial score (nSPS) is 20.4. The first-order valence-corrected chi connectivity index (χ1v) is 6.22. The number of nitrogens with zero attached hydrogens (tertiary/aromatic N) is 2. The molecule has 5 heteroatoms. The van der Waals surface area contributed by atoms with Gasteiger partial charge in [-0.25, -0.2) is 4.79 Å². The highest BCUT2D eigenvalue weighted by molar-refractivity contribution is 7.12. The van der Waals surface area contributed by atoms with Crippen LogP contribution in [0.2, 0.25) is 0 Å². The molecule has 1 aromatic rings. The number of thiophene rings is 1. The van der Waals surface area contributed by atoms with E-state index in [1.807, 2.05) is 13.0 Å². The number of aryl methyl sites for hydroxylation is 1. The average molecular weight is 237 g/mol. The first-order valence-electron chi connectivity index (χ1n) is 5.40. The molecule has 1 atom stereocenters. The van der Waals surface area contributed by atoms with E-state index < -0.39 is 0 Å². The standard InChI is InChI=1S/C11H15N3OS/c1-3-7-5-6-8(16-7)9-10(12)13-11(15)14(9)4-2/h5-6,9H,3-4H2,1-2H3,(H2,12,13,15). The maximum Gasteiger partial charge on any atom is 0.346 e. The molecule has 0 saturated heterocycles. The number of amides is 2. The van der Waals surface area contributed by atoms with Gasteiger partial charge in [0.1, 0.15) is 11.9 Å². The predicted octanol–water partition coefficient (Wildman–Crippen LogP) is 2.16. The molecule has 2 rings (SSSR count). The molecule has 4 nitrogen and oxygen atoms in total. The zero-order valence-corrected chi connectivity index (χ0v) is 10.3. The van der Waals surface area contributed by atoms with Crippen LogP contribution in [0, 0.1) is 0 Å². The number of carbonyl (C=O) groups excluding carboxylic acids is 1. The van der Waals surface area contributed by atoms with Crippen molar-refractivity contribution < 1.29 is 4.79 Å². The van der Waals surface area contributed by atoms with Gasteiger partial charge in [-0.2, -0.15) is 4.99 Å². The number of likely N-dealkylation sites (N-methyl/N-ethyl adjacent to an activating group) is 1. The second-order valence-electron chi connectivity index (χ2n) is 3.67. The summed E-state index contributed by atoms with van der Waals surface area (Å²) >= 11 is 1.70. The van der Waals surface area contributed by atoms with Crippen LogP contribution in [0.25, 0.3) is 0 Å². The third-order valence-corrected chi connectivity index (χ3v) is 3.99. The van der Waals surface area contributed by atoms with E-state index in [1.54, 1.807) is 16.2 Å². The van der Waals surface area contributed by atoms with Gasteiger partial charge in [-0.15, -0.1) is 11.3 Å². The maximum atomic E-state index is 11.5. The van der Waals surface area contributed by atoms with Crippen molar-refractivity contribution in [1.82, 2.24) is 4.90 Å². The van der Waals surface area contributed by atoms with Gasteiger partial charge < -0.3 is 10.6 Å². The van der Waals surface area contributed by atoms with Crippen molar-refractivity contribution in [2.45, 2.75) is 26.3 Å². The molecule has 0 fully saturated rings. The van der Waals surface area contributed by atoms with Crippen molar-refractivity contribution in [3.63, 3.8) is 0 Å². The summed E-state index contributed by atoms with van der Waals surface area (Å²) < 4.78 is 0. The molecule has 1 aromatic heterocycles. The van der Waals surface area contributed by atoms with Gasteiger partial charge in [-0.05, 0) is 25.5 Å². The maximum absolute atomic E-state index is 11.5. The van der Waals surface area contributed by atoms with Crippen molar-refractivity contribution in [3.05, 3.63) is 21.9 Å². The number of rotatable bonds is 3. The van der Waals surface area contributed by atoms with Gasteiger partial charge in [0.05, 0.1) is 0 Å². The Morgan fingerprint density at radius 1 is 1.50 bits per heavy atom. The minimum absolute atomic E-state index is 0.150. The fourth-order valence-corrected chi connectivity index (χ4v) is 2.93. The summed E-state index contributed by atoms with van der Waals surface area (Å²) in [5.74, 6) is 0.413. The molecule has 16 heavy (non-hydrogen) atoms. The largest absolute Gasteiger partial charge is 0.385 e. The second kappa shape index (κ2) is 4.25. The number of nitrogens with two attached hydrogens (primary N) is 1. The Morgan fingerprint density at radius 2 is 2.25 bits per heavy atom. The van der Waals surface area contributed by atoms with Crippen LogP contribution in [-0.4, -0.2) is 23.3 Å². The van der Waals surface area contributed by atoms with Crippen LogP contribution in [0.5, 0.6) is 0 Å². The van der Waals surface area contributed by atoms with Crippen molar-refractivity contribution >= 4 is 23.2 Å². The Balaban J connectivity index is 2.32. The molecule has 0 spiro atoms. The zero-order chi connectivity index (χ0) is 11.7. The highest BCUT2D eigenvalue weighted by Gasteiger charge is 2.34. The van der Waals surface area contributed by atoms with Crippen LogP contribution in [0.3, 0.4) is 0 Å². The lowest BCUT2D eigenvalue weighted by atomic mass is 10.2. The average Bonchev–Trinajstić information content (AvgIpc) is 2.82. The Hall–Kier alpha value is -1.36. The van der Waals surface area contributed by atoms with E-state index in [9.17, 15) is 4.79 Å². The van der Waals surface area contributed by atoms with Gasteiger partial charge >= 0.3 is 6.03 Å². The molecular formula is C11H15N3OS. The van der Waals surface area contributed by atoms with Gasteiger partial charge in [0.25, 0.3) is 0 Å². The van der Waals surface area contributed by atoms with Crippen LogP contribution >= 0.6 is 11.3 Å². The van der Waals surface area contributed by atoms with Crippen molar-refractivity contribution in [2.75, 3.05) is 6.54 Å². The molecule has 2 amide bonds. The number of hydrogen-bond donors (Lipinski definition) is 1. The summed E-state index contributed by atoms with van der Waals surface area (Å²) in [6.45, 7) is 4.69. The number of urea groups is 1. The van der Waals surface area contributed by atoms with Gasteiger partial charge in [0.2, 0.25) is 0 Å². The Kier molecular flexibility index (Phi) is 2.96. The number of amidine groups is 1. The van der Waals surface area contributed by atoms with Crippen LogP contribution in [0.1, 0.15) is 29.6 Å². The van der Waals surface area contributed by atoms with Gasteiger partial charge in [0.15, 0.2) is 0 Å². The molecular weight excluding hydrogens is 222 g/mol.